The maximum Gasteiger partial charge on any atom is 0.0450 e. The van der Waals surface area contributed by atoms with Gasteiger partial charge in [-0.15, -0.1) is 0 Å². The molecule has 0 amide bonds. The van der Waals surface area contributed by atoms with Gasteiger partial charge in [0.15, 0.2) is 0 Å². The summed E-state index contributed by atoms with van der Waals surface area (Å²) in [4.78, 5) is 4.48. The van der Waals surface area contributed by atoms with E-state index in [-0.39, 0.29) is 0 Å². The summed E-state index contributed by atoms with van der Waals surface area (Å²) in [5, 5.41) is 5.01. The van der Waals surface area contributed by atoms with Crippen molar-refractivity contribution in [2.45, 2.75) is 20.8 Å². The Bertz CT molecular complexity index is 1700. The van der Waals surface area contributed by atoms with Gasteiger partial charge in [-0.05, 0) is 76.2 Å². The van der Waals surface area contributed by atoms with Crippen molar-refractivity contribution in [3.8, 4) is 22.3 Å². The van der Waals surface area contributed by atoms with Gasteiger partial charge in [0.1, 0.15) is 0 Å². The summed E-state index contributed by atoms with van der Waals surface area (Å²) in [5.74, 6) is 0. The van der Waals surface area contributed by atoms with Crippen LogP contribution < -0.4 is 0 Å². The minimum absolute atomic E-state index is 1.04. The lowest BCUT2D eigenvalue weighted by Gasteiger charge is -2.18. The highest BCUT2D eigenvalue weighted by Crippen LogP contribution is 2.42. The molecule has 0 aliphatic heterocycles. The summed E-state index contributed by atoms with van der Waals surface area (Å²) in [5.41, 5.74) is 8.32. The van der Waals surface area contributed by atoms with Crippen LogP contribution in [-0.2, 0) is 0 Å². The molecule has 1 heterocycles. The lowest BCUT2D eigenvalue weighted by molar-refractivity contribution is 1.20. The van der Waals surface area contributed by atoms with E-state index in [0.29, 0.717) is 0 Å². The summed E-state index contributed by atoms with van der Waals surface area (Å²) in [7, 11) is 0. The minimum Gasteiger partial charge on any atom is -0.261 e. The number of benzene rings is 4. The average Bonchev–Trinajstić information content (AvgIpc) is 2.97. The van der Waals surface area contributed by atoms with E-state index < -0.39 is 0 Å². The smallest absolute Gasteiger partial charge is 0.0450 e. The van der Waals surface area contributed by atoms with E-state index in [9.17, 15) is 0 Å². The Hall–Kier alpha value is -4.75. The first-order chi connectivity index (χ1) is 19.2. The molecule has 1 heteroatoms. The lowest BCUT2D eigenvalue weighted by Crippen LogP contribution is -1.93. The molecule has 0 unspecified atom stereocenters. The summed E-state index contributed by atoms with van der Waals surface area (Å²) >= 11 is 0. The Morgan fingerprint density at radius 2 is 1.18 bits per heavy atom. The Morgan fingerprint density at radius 1 is 0.590 bits per heavy atom. The van der Waals surface area contributed by atoms with Crippen LogP contribution >= 0.6 is 0 Å². The fourth-order valence-corrected chi connectivity index (χ4v) is 5.22. The first-order valence-electron chi connectivity index (χ1n) is 13.5. The molecular weight excluding hydrogens is 470 g/mol. The zero-order valence-corrected chi connectivity index (χ0v) is 22.8. The third kappa shape index (κ3) is 5.44. The van der Waals surface area contributed by atoms with Crippen molar-refractivity contribution in [3.05, 3.63) is 157 Å². The number of rotatable bonds is 7. The molecule has 0 aliphatic carbocycles. The fourth-order valence-electron chi connectivity index (χ4n) is 5.22. The standard InChI is InChI=1S/C38H33N/c1-4-6-7-8-9-10-17-30(16-5-2)37-33-18-11-13-20-35(33)38(36-21-14-12-19-34(36)37)31-25-23-29(24-26-31)32-22-15-27-39-28(32)3/h4-27H,1-3H3/b6-4-,8-7-,10-9+,16-5-,30-17+. The number of nitrogens with zero attached hydrogens (tertiary/aromatic N) is 1. The second-order valence-corrected chi connectivity index (χ2v) is 9.47. The van der Waals surface area contributed by atoms with Crippen molar-refractivity contribution in [1.29, 1.82) is 0 Å². The molecule has 0 fully saturated rings. The van der Waals surface area contributed by atoms with E-state index in [4.69, 9.17) is 0 Å². The number of fused-ring (bicyclic) bond motifs is 2. The van der Waals surface area contributed by atoms with E-state index in [1.165, 1.54) is 54.9 Å². The first-order valence-corrected chi connectivity index (χ1v) is 13.5. The van der Waals surface area contributed by atoms with Crippen LogP contribution in [0.2, 0.25) is 0 Å². The number of pyridine rings is 1. The number of aryl methyl sites for hydroxylation is 1. The van der Waals surface area contributed by atoms with Gasteiger partial charge in [0, 0.05) is 17.5 Å². The number of aromatic nitrogens is 1. The largest absolute Gasteiger partial charge is 0.261 e. The molecule has 0 saturated carbocycles. The van der Waals surface area contributed by atoms with Crippen molar-refractivity contribution in [3.63, 3.8) is 0 Å². The minimum atomic E-state index is 1.04. The predicted molar refractivity (Wildman–Crippen MR) is 171 cm³/mol. The molecule has 0 spiro atoms. The molecule has 5 aromatic rings. The van der Waals surface area contributed by atoms with Crippen LogP contribution in [-0.4, -0.2) is 4.98 Å². The third-order valence-corrected chi connectivity index (χ3v) is 6.97. The molecule has 1 aromatic heterocycles. The lowest BCUT2D eigenvalue weighted by atomic mass is 9.85. The molecular formula is C38H33N. The molecule has 0 radical (unpaired) electrons. The van der Waals surface area contributed by atoms with E-state index in [1.54, 1.807) is 0 Å². The second-order valence-electron chi connectivity index (χ2n) is 9.47. The molecule has 0 bridgehead atoms. The topological polar surface area (TPSA) is 12.9 Å². The molecule has 0 N–H and O–H groups in total. The summed E-state index contributed by atoms with van der Waals surface area (Å²) < 4.78 is 0. The maximum absolute atomic E-state index is 4.48. The summed E-state index contributed by atoms with van der Waals surface area (Å²) in [6.45, 7) is 6.16. The molecule has 39 heavy (non-hydrogen) atoms. The van der Waals surface area contributed by atoms with Crippen LogP contribution in [0, 0.1) is 6.92 Å². The Balaban J connectivity index is 1.72. The second kappa shape index (κ2) is 12.2. The fraction of sp³-hybridized carbons (Fsp3) is 0.0789. The molecule has 0 saturated heterocycles. The van der Waals surface area contributed by atoms with Crippen molar-refractivity contribution in [2.75, 3.05) is 0 Å². The highest BCUT2D eigenvalue weighted by molar-refractivity contribution is 6.19. The van der Waals surface area contributed by atoms with Crippen LogP contribution in [0.4, 0.5) is 0 Å². The first kappa shape index (κ1) is 25.9. The van der Waals surface area contributed by atoms with Gasteiger partial charge in [0.2, 0.25) is 0 Å². The zero-order valence-electron chi connectivity index (χ0n) is 22.8. The number of allylic oxidation sites excluding steroid dienone is 10. The van der Waals surface area contributed by atoms with Crippen LogP contribution in [0.1, 0.15) is 25.1 Å². The molecule has 0 atom stereocenters. The van der Waals surface area contributed by atoms with Gasteiger partial charge in [-0.25, -0.2) is 0 Å². The SMILES string of the molecule is C\C=C/C=C\C=C\C=C(/C=C\C)c1c2ccccc2c(-c2ccc(-c3cccnc3C)cc2)c2ccccc12. The molecule has 0 aliphatic rings. The van der Waals surface area contributed by atoms with Gasteiger partial charge in [-0.1, -0.05) is 134 Å². The van der Waals surface area contributed by atoms with E-state index >= 15 is 0 Å². The van der Waals surface area contributed by atoms with Crippen LogP contribution in [0.5, 0.6) is 0 Å². The van der Waals surface area contributed by atoms with Crippen molar-refractivity contribution in [2.24, 2.45) is 0 Å². The predicted octanol–water partition coefficient (Wildman–Crippen LogP) is 10.7. The van der Waals surface area contributed by atoms with Crippen LogP contribution in [0.25, 0.3) is 49.4 Å². The Morgan fingerprint density at radius 3 is 1.79 bits per heavy atom. The van der Waals surface area contributed by atoms with Gasteiger partial charge in [0.05, 0.1) is 0 Å². The van der Waals surface area contributed by atoms with Crippen molar-refractivity contribution < 1.29 is 0 Å². The Labute approximate surface area is 231 Å². The van der Waals surface area contributed by atoms with Gasteiger partial charge < -0.3 is 0 Å². The van der Waals surface area contributed by atoms with Gasteiger partial charge in [-0.3, -0.25) is 4.98 Å². The van der Waals surface area contributed by atoms with E-state index in [1.807, 2.05) is 37.4 Å². The maximum atomic E-state index is 4.48. The Kier molecular flexibility index (Phi) is 8.09. The highest BCUT2D eigenvalue weighted by atomic mass is 14.7. The summed E-state index contributed by atoms with van der Waals surface area (Å²) in [6, 6.07) is 30.6. The average molecular weight is 504 g/mol. The number of hydrogen-bond acceptors (Lipinski definition) is 1. The van der Waals surface area contributed by atoms with Crippen molar-refractivity contribution >= 4 is 27.1 Å². The highest BCUT2D eigenvalue weighted by Gasteiger charge is 2.16. The molecule has 1 nitrogen and oxygen atoms in total. The van der Waals surface area contributed by atoms with Gasteiger partial charge >= 0.3 is 0 Å². The monoisotopic (exact) mass is 503 g/mol. The van der Waals surface area contributed by atoms with Gasteiger partial charge in [0.25, 0.3) is 0 Å². The van der Waals surface area contributed by atoms with E-state index in [0.717, 1.165) is 5.69 Å². The van der Waals surface area contributed by atoms with Crippen LogP contribution in [0.15, 0.2) is 146 Å². The normalized spacial score (nSPS) is 12.7. The van der Waals surface area contributed by atoms with E-state index in [2.05, 4.69) is 134 Å². The zero-order chi connectivity index (χ0) is 27.0. The third-order valence-electron chi connectivity index (χ3n) is 6.97. The van der Waals surface area contributed by atoms with Crippen molar-refractivity contribution in [1.82, 2.24) is 4.98 Å². The molecule has 5 rings (SSSR count). The number of hydrogen-bond donors (Lipinski definition) is 0. The van der Waals surface area contributed by atoms with Crippen LogP contribution in [0.3, 0.4) is 0 Å². The summed E-state index contributed by atoms with van der Waals surface area (Å²) in [6.07, 6.45) is 20.7. The quantitative estimate of drug-likeness (QED) is 0.159. The molecule has 190 valence electrons. The van der Waals surface area contributed by atoms with Gasteiger partial charge in [-0.2, -0.15) is 0 Å². The molecule has 4 aromatic carbocycles.